The number of ether oxygens (including phenoxy) is 1. The molecule has 3 heterocycles. The first kappa shape index (κ1) is 20.3. The first-order valence-corrected chi connectivity index (χ1v) is 9.63. The predicted octanol–water partition coefficient (Wildman–Crippen LogP) is 2.16. The predicted molar refractivity (Wildman–Crippen MR) is 112 cm³/mol. The molecule has 2 aromatic rings. The van der Waals surface area contributed by atoms with Crippen LogP contribution in [0.1, 0.15) is 24.3 Å². The van der Waals surface area contributed by atoms with Gasteiger partial charge in [0, 0.05) is 56.1 Å². The van der Waals surface area contributed by atoms with Gasteiger partial charge in [0.05, 0.1) is 17.5 Å². The van der Waals surface area contributed by atoms with Gasteiger partial charge in [-0.05, 0) is 38.2 Å². The van der Waals surface area contributed by atoms with Crippen molar-refractivity contribution in [3.63, 3.8) is 0 Å². The summed E-state index contributed by atoms with van der Waals surface area (Å²) in [5.41, 5.74) is 2.48. The van der Waals surface area contributed by atoms with Gasteiger partial charge in [-0.2, -0.15) is 0 Å². The van der Waals surface area contributed by atoms with Crippen molar-refractivity contribution in [3.8, 4) is 0 Å². The van der Waals surface area contributed by atoms with Crippen molar-refractivity contribution in [1.29, 1.82) is 10.8 Å². The maximum atomic E-state index is 10.1. The average Bonchev–Trinajstić information content (AvgIpc) is 3.08. The normalized spacial score (nSPS) is 17.2. The number of hydrogen-bond donors (Lipinski definition) is 3. The second-order valence-corrected chi connectivity index (χ2v) is 7.22. The number of aromatic nitrogens is 1. The van der Waals surface area contributed by atoms with Crippen molar-refractivity contribution >= 4 is 17.1 Å². The monoisotopic (exact) mass is 383 g/mol. The molecule has 0 spiro atoms. The number of hydrogen-bond acceptors (Lipinski definition) is 6. The van der Waals surface area contributed by atoms with Crippen LogP contribution in [0.2, 0.25) is 0 Å². The fraction of sp³-hybridized carbons (Fsp3) is 0.429. The Kier molecular flexibility index (Phi) is 6.61. The van der Waals surface area contributed by atoms with Crippen LogP contribution in [0.4, 0.5) is 0 Å². The van der Waals surface area contributed by atoms with Crippen LogP contribution in [0.5, 0.6) is 0 Å². The molecule has 2 aromatic heterocycles. The van der Waals surface area contributed by atoms with Crippen molar-refractivity contribution in [2.45, 2.75) is 13.0 Å². The van der Waals surface area contributed by atoms with Crippen LogP contribution in [-0.2, 0) is 4.74 Å². The molecule has 1 aliphatic heterocycles. The Morgan fingerprint density at radius 1 is 1.21 bits per heavy atom. The number of likely N-dealkylation sites (N-methyl/N-ethyl adjacent to an activating group) is 1. The summed E-state index contributed by atoms with van der Waals surface area (Å²) in [7, 11) is 2.13. The number of aliphatic hydroxyl groups is 1. The van der Waals surface area contributed by atoms with Gasteiger partial charge in [0.25, 0.3) is 0 Å². The highest BCUT2D eigenvalue weighted by Gasteiger charge is 2.17. The largest absolute Gasteiger partial charge is 0.477 e. The zero-order valence-electron chi connectivity index (χ0n) is 16.6. The molecule has 1 atom stereocenters. The molecule has 1 saturated heterocycles. The van der Waals surface area contributed by atoms with Gasteiger partial charge < -0.3 is 19.1 Å². The molecule has 0 radical (unpaired) electrons. The molecule has 7 nitrogen and oxygen atoms in total. The molecule has 0 aromatic carbocycles. The second kappa shape index (κ2) is 9.14. The van der Waals surface area contributed by atoms with Crippen molar-refractivity contribution in [1.82, 2.24) is 14.2 Å². The number of nitrogens with zero attached hydrogens (tertiary/aromatic N) is 3. The summed E-state index contributed by atoms with van der Waals surface area (Å²) < 4.78 is 7.37. The summed E-state index contributed by atoms with van der Waals surface area (Å²) in [5, 5.41) is 26.5. The summed E-state index contributed by atoms with van der Waals surface area (Å²) in [6, 6.07) is 7.65. The lowest BCUT2D eigenvalue weighted by atomic mass is 10.1. The summed E-state index contributed by atoms with van der Waals surface area (Å²) in [4.78, 5) is 4.64. The summed E-state index contributed by atoms with van der Waals surface area (Å²) >= 11 is 0. The number of rotatable bonds is 7. The van der Waals surface area contributed by atoms with E-state index in [1.807, 2.05) is 34.9 Å². The molecule has 3 rings (SSSR count). The minimum atomic E-state index is -0.678. The van der Waals surface area contributed by atoms with Gasteiger partial charge in [-0.3, -0.25) is 15.7 Å². The van der Waals surface area contributed by atoms with E-state index < -0.39 is 6.10 Å². The third-order valence-corrected chi connectivity index (χ3v) is 5.08. The van der Waals surface area contributed by atoms with E-state index in [1.54, 1.807) is 13.0 Å². The zero-order valence-corrected chi connectivity index (χ0v) is 16.6. The Balaban J connectivity index is 1.58. The fourth-order valence-corrected chi connectivity index (χ4v) is 3.39. The summed E-state index contributed by atoms with van der Waals surface area (Å²) in [6.45, 7) is 7.13. The molecular formula is C21H29N5O2. The Hall–Kier alpha value is -2.48. The number of pyridine rings is 1. The van der Waals surface area contributed by atoms with Crippen LogP contribution in [0.3, 0.4) is 0 Å². The highest BCUT2D eigenvalue weighted by molar-refractivity contribution is 6.09. The van der Waals surface area contributed by atoms with Crippen molar-refractivity contribution < 1.29 is 9.84 Å². The lowest BCUT2D eigenvalue weighted by Crippen LogP contribution is -2.45. The van der Waals surface area contributed by atoms with Crippen molar-refractivity contribution in [2.75, 3.05) is 46.4 Å². The quantitative estimate of drug-likeness (QED) is 0.505. The molecule has 0 bridgehead atoms. The number of allylic oxidation sites excluding steroid dienone is 1. The molecule has 28 heavy (non-hydrogen) atoms. The van der Waals surface area contributed by atoms with Gasteiger partial charge in [-0.1, -0.05) is 6.07 Å². The van der Waals surface area contributed by atoms with Crippen LogP contribution in [0.25, 0.3) is 5.52 Å². The average molecular weight is 383 g/mol. The lowest BCUT2D eigenvalue weighted by Gasteiger charge is -2.32. The highest BCUT2D eigenvalue weighted by Crippen LogP contribution is 2.23. The standard InChI is InChI=1S/C21H29N5O2/c1-16(27)18-15-17-5-3-4-8-26(17)21(18)19(22)6-7-20(23)28-14-13-25-11-9-24(2)10-12-25/h3-8,15-16,22-23,27H,9-14H2,1-2H3/b7-6-,22-19?,23-20?. The molecule has 0 saturated carbocycles. The van der Waals surface area contributed by atoms with E-state index in [4.69, 9.17) is 15.6 Å². The van der Waals surface area contributed by atoms with E-state index in [1.165, 1.54) is 6.08 Å². The number of aliphatic hydroxyl groups excluding tert-OH is 1. The Morgan fingerprint density at radius 3 is 2.68 bits per heavy atom. The molecule has 3 N–H and O–H groups in total. The van der Waals surface area contributed by atoms with Gasteiger partial charge in [-0.15, -0.1) is 0 Å². The first-order chi connectivity index (χ1) is 13.5. The smallest absolute Gasteiger partial charge is 0.205 e. The maximum Gasteiger partial charge on any atom is 0.205 e. The summed E-state index contributed by atoms with van der Waals surface area (Å²) in [6.07, 6.45) is 4.25. The zero-order chi connectivity index (χ0) is 20.1. The Labute approximate surface area is 165 Å². The molecule has 1 fully saturated rings. The van der Waals surface area contributed by atoms with E-state index in [9.17, 15) is 5.11 Å². The van der Waals surface area contributed by atoms with E-state index in [0.29, 0.717) is 17.9 Å². The number of nitrogens with one attached hydrogen (secondary N) is 2. The molecule has 150 valence electrons. The number of piperazine rings is 1. The topological polar surface area (TPSA) is 88.0 Å². The van der Waals surface area contributed by atoms with Gasteiger partial charge in [-0.25, -0.2) is 0 Å². The maximum absolute atomic E-state index is 10.1. The minimum absolute atomic E-state index is 0.0401. The third-order valence-electron chi connectivity index (χ3n) is 5.08. The highest BCUT2D eigenvalue weighted by atomic mass is 16.5. The van der Waals surface area contributed by atoms with Crippen LogP contribution >= 0.6 is 0 Å². The molecular weight excluding hydrogens is 354 g/mol. The fourth-order valence-electron chi connectivity index (χ4n) is 3.39. The van der Waals surface area contributed by atoms with Crippen LogP contribution in [0.15, 0.2) is 42.6 Å². The molecule has 0 amide bonds. The van der Waals surface area contributed by atoms with E-state index in [0.717, 1.165) is 38.2 Å². The lowest BCUT2D eigenvalue weighted by molar-refractivity contribution is 0.131. The van der Waals surface area contributed by atoms with E-state index in [-0.39, 0.29) is 11.6 Å². The molecule has 7 heteroatoms. The molecule has 1 unspecified atom stereocenters. The van der Waals surface area contributed by atoms with E-state index >= 15 is 0 Å². The molecule has 0 aliphatic carbocycles. The third kappa shape index (κ3) is 4.86. The van der Waals surface area contributed by atoms with Crippen LogP contribution in [0, 0.1) is 10.8 Å². The first-order valence-electron chi connectivity index (χ1n) is 9.63. The van der Waals surface area contributed by atoms with Crippen molar-refractivity contribution in [2.24, 2.45) is 0 Å². The van der Waals surface area contributed by atoms with Gasteiger partial charge in [0.2, 0.25) is 5.90 Å². The van der Waals surface area contributed by atoms with Gasteiger partial charge in [0.15, 0.2) is 0 Å². The van der Waals surface area contributed by atoms with Crippen LogP contribution < -0.4 is 0 Å². The minimum Gasteiger partial charge on any atom is -0.477 e. The molecule has 1 aliphatic rings. The van der Waals surface area contributed by atoms with Gasteiger partial charge >= 0.3 is 0 Å². The number of fused-ring (bicyclic) bond motifs is 1. The Morgan fingerprint density at radius 2 is 1.96 bits per heavy atom. The van der Waals surface area contributed by atoms with Crippen molar-refractivity contribution in [3.05, 3.63) is 53.9 Å². The SMILES string of the molecule is CC(O)c1cc2ccccn2c1C(=N)/C=C\C(=N)OCCN1CCN(C)CC1. The van der Waals surface area contributed by atoms with Gasteiger partial charge in [0.1, 0.15) is 6.61 Å². The van der Waals surface area contributed by atoms with Crippen LogP contribution in [-0.4, -0.2) is 77.3 Å². The van der Waals surface area contributed by atoms with E-state index in [2.05, 4.69) is 16.8 Å². The Bertz CT molecular complexity index is 863. The second-order valence-electron chi connectivity index (χ2n) is 7.22. The summed E-state index contributed by atoms with van der Waals surface area (Å²) in [5.74, 6) is 0.0401.